The molecule has 0 spiro atoms. The zero-order valence-electron chi connectivity index (χ0n) is 8.40. The molecule has 0 atom stereocenters. The van der Waals surface area contributed by atoms with E-state index in [1.54, 1.807) is 18.5 Å². The smallest absolute Gasteiger partial charge is 0.264 e. The molecule has 17 heavy (non-hydrogen) atoms. The van der Waals surface area contributed by atoms with Crippen LogP contribution in [-0.4, -0.2) is 20.2 Å². The van der Waals surface area contributed by atoms with E-state index < -0.39 is 12.0 Å². The second kappa shape index (κ2) is 4.74. The number of thioether (sulfide) groups is 1. The van der Waals surface area contributed by atoms with Gasteiger partial charge in [0.2, 0.25) is 11.0 Å². The largest absolute Gasteiger partial charge is 0.451 e. The van der Waals surface area contributed by atoms with E-state index in [-0.39, 0.29) is 5.16 Å². The van der Waals surface area contributed by atoms with Crippen molar-refractivity contribution < 1.29 is 13.2 Å². The number of nitrogens with zero attached hydrogens (tertiary/aromatic N) is 3. The molecule has 0 fully saturated rings. The molecule has 4 nitrogen and oxygen atoms in total. The minimum absolute atomic E-state index is 0.0705. The normalized spacial score (nSPS) is 11.7. The summed E-state index contributed by atoms with van der Waals surface area (Å²) in [7, 11) is 0. The average molecular weight is 260 g/mol. The van der Waals surface area contributed by atoms with E-state index in [0.29, 0.717) is 5.75 Å². The van der Waals surface area contributed by atoms with Crippen LogP contribution in [0.2, 0.25) is 0 Å². The highest BCUT2D eigenvalue weighted by atomic mass is 32.2. The number of halogens is 3. The Morgan fingerprint density at radius 1 is 1.35 bits per heavy atom. The molecule has 0 aliphatic rings. The van der Waals surface area contributed by atoms with Gasteiger partial charge in [-0.2, -0.15) is 18.2 Å². The predicted molar refractivity (Wildman–Crippen MR) is 55.2 cm³/mol. The van der Waals surface area contributed by atoms with Crippen molar-refractivity contribution in [3.63, 3.8) is 0 Å². The lowest BCUT2D eigenvalue weighted by atomic mass is 10.3. The van der Waals surface area contributed by atoms with Gasteiger partial charge in [0.05, 0.1) is 0 Å². The van der Waals surface area contributed by atoms with E-state index in [9.17, 15) is 13.2 Å². The molecule has 2 heterocycles. The number of rotatable bonds is 3. The third-order valence-corrected chi connectivity index (χ3v) is 2.74. The number of aromatic nitrogens is 4. The molecule has 2 rings (SSSR count). The van der Waals surface area contributed by atoms with Crippen molar-refractivity contribution in [1.29, 1.82) is 0 Å². The Kier molecular flexibility index (Phi) is 3.32. The summed E-state index contributed by atoms with van der Waals surface area (Å²) < 4.78 is 36.6. The van der Waals surface area contributed by atoms with E-state index in [4.69, 9.17) is 0 Å². The van der Waals surface area contributed by atoms with E-state index in [2.05, 4.69) is 15.1 Å². The lowest BCUT2D eigenvalue weighted by Gasteiger charge is -1.98. The predicted octanol–water partition coefficient (Wildman–Crippen LogP) is 2.51. The first kappa shape index (κ1) is 11.9. The van der Waals surface area contributed by atoms with Crippen molar-refractivity contribution in [2.45, 2.75) is 17.1 Å². The zero-order valence-corrected chi connectivity index (χ0v) is 9.22. The molecule has 0 aliphatic carbocycles. The van der Waals surface area contributed by atoms with Gasteiger partial charge >= 0.3 is 6.18 Å². The van der Waals surface area contributed by atoms with Crippen molar-refractivity contribution in [2.24, 2.45) is 0 Å². The molecule has 8 heteroatoms. The summed E-state index contributed by atoms with van der Waals surface area (Å²) in [6.07, 6.45) is -1.22. The number of hydrogen-bond acceptors (Lipinski definition) is 4. The molecule has 0 unspecified atom stereocenters. The Morgan fingerprint density at radius 2 is 2.18 bits per heavy atom. The Morgan fingerprint density at radius 3 is 2.76 bits per heavy atom. The van der Waals surface area contributed by atoms with Crippen molar-refractivity contribution in [3.05, 3.63) is 35.9 Å². The molecule has 0 aliphatic heterocycles. The van der Waals surface area contributed by atoms with Gasteiger partial charge in [-0.25, -0.2) is 0 Å². The van der Waals surface area contributed by atoms with E-state index >= 15 is 0 Å². The lowest BCUT2D eigenvalue weighted by molar-refractivity contribution is -0.144. The van der Waals surface area contributed by atoms with Crippen molar-refractivity contribution >= 4 is 11.8 Å². The van der Waals surface area contributed by atoms with Crippen LogP contribution in [-0.2, 0) is 11.9 Å². The van der Waals surface area contributed by atoms with Crippen molar-refractivity contribution in [2.75, 3.05) is 0 Å². The molecule has 1 N–H and O–H groups in total. The van der Waals surface area contributed by atoms with Crippen LogP contribution in [0, 0.1) is 0 Å². The Bertz CT molecular complexity index is 482. The van der Waals surface area contributed by atoms with Gasteiger partial charge in [-0.15, -0.1) is 5.10 Å². The maximum atomic E-state index is 12.2. The number of aromatic amines is 1. The molecule has 0 radical (unpaired) electrons. The standard InChI is InChI=1S/C9H7F3N4S/c10-9(11,12)7-14-8(16-15-7)17-5-6-2-1-3-13-4-6/h1-4H,5H2,(H,14,15,16). The molecule has 0 bridgehead atoms. The SMILES string of the molecule is FC(F)(F)c1nc(SCc2cccnc2)n[nH]1. The monoisotopic (exact) mass is 260 g/mol. The van der Waals surface area contributed by atoms with Gasteiger partial charge in [0.15, 0.2) is 0 Å². The third-order valence-electron chi connectivity index (χ3n) is 1.82. The van der Waals surface area contributed by atoms with E-state index in [1.165, 1.54) is 0 Å². The van der Waals surface area contributed by atoms with Crippen LogP contribution in [0.1, 0.15) is 11.4 Å². The molecule has 90 valence electrons. The maximum Gasteiger partial charge on any atom is 0.451 e. The number of nitrogens with one attached hydrogen (secondary N) is 1. The second-order valence-corrected chi connectivity index (χ2v) is 4.06. The molecule has 0 amide bonds. The first-order valence-electron chi connectivity index (χ1n) is 4.57. The summed E-state index contributed by atoms with van der Waals surface area (Å²) >= 11 is 1.12. The van der Waals surface area contributed by atoms with Crippen LogP contribution in [0.25, 0.3) is 0 Å². The molecule has 2 aromatic rings. The fourth-order valence-corrected chi connectivity index (χ4v) is 1.80. The highest BCUT2D eigenvalue weighted by Gasteiger charge is 2.35. The fourth-order valence-electron chi connectivity index (χ4n) is 1.07. The van der Waals surface area contributed by atoms with Gasteiger partial charge in [0.1, 0.15) is 0 Å². The zero-order chi connectivity index (χ0) is 12.3. The van der Waals surface area contributed by atoms with Crippen molar-refractivity contribution in [3.8, 4) is 0 Å². The summed E-state index contributed by atoms with van der Waals surface area (Å²) in [6.45, 7) is 0. The van der Waals surface area contributed by atoms with E-state index in [1.807, 2.05) is 11.2 Å². The molecule has 0 aromatic carbocycles. The average Bonchev–Trinajstić information content (AvgIpc) is 2.76. The molecular weight excluding hydrogens is 253 g/mol. The minimum atomic E-state index is -4.49. The first-order valence-corrected chi connectivity index (χ1v) is 5.55. The fraction of sp³-hybridized carbons (Fsp3) is 0.222. The summed E-state index contributed by atoms with van der Waals surface area (Å²) in [5.41, 5.74) is 0.899. The summed E-state index contributed by atoms with van der Waals surface area (Å²) in [6, 6.07) is 3.59. The van der Waals surface area contributed by atoms with Gasteiger partial charge in [-0.1, -0.05) is 17.8 Å². The van der Waals surface area contributed by atoms with Crippen LogP contribution in [0.5, 0.6) is 0 Å². The molecular formula is C9H7F3N4S. The van der Waals surface area contributed by atoms with Crippen molar-refractivity contribution in [1.82, 2.24) is 20.2 Å². The van der Waals surface area contributed by atoms with Gasteiger partial charge in [-0.3, -0.25) is 10.1 Å². The number of H-pyrrole nitrogens is 1. The third kappa shape index (κ3) is 3.19. The first-order chi connectivity index (χ1) is 8.05. The molecule has 0 saturated heterocycles. The highest BCUT2D eigenvalue weighted by Crippen LogP contribution is 2.27. The van der Waals surface area contributed by atoms with Crippen LogP contribution >= 0.6 is 11.8 Å². The van der Waals surface area contributed by atoms with Crippen LogP contribution in [0.3, 0.4) is 0 Å². The topological polar surface area (TPSA) is 54.5 Å². The number of hydrogen-bond donors (Lipinski definition) is 1. The van der Waals surface area contributed by atoms with Gasteiger partial charge < -0.3 is 0 Å². The molecule has 0 saturated carbocycles. The Labute approximate surface area is 98.7 Å². The summed E-state index contributed by atoms with van der Waals surface area (Å²) in [5.74, 6) is -0.602. The quantitative estimate of drug-likeness (QED) is 0.861. The van der Waals surface area contributed by atoms with Crippen LogP contribution in [0.15, 0.2) is 29.7 Å². The van der Waals surface area contributed by atoms with E-state index in [0.717, 1.165) is 17.3 Å². The van der Waals surface area contributed by atoms with Crippen LogP contribution in [0.4, 0.5) is 13.2 Å². The highest BCUT2D eigenvalue weighted by molar-refractivity contribution is 7.98. The maximum absolute atomic E-state index is 12.2. The van der Waals surface area contributed by atoms with Crippen LogP contribution < -0.4 is 0 Å². The Hall–Kier alpha value is -1.57. The minimum Gasteiger partial charge on any atom is -0.264 e. The second-order valence-electron chi connectivity index (χ2n) is 3.11. The number of pyridine rings is 1. The van der Waals surface area contributed by atoms with Gasteiger partial charge in [0, 0.05) is 18.1 Å². The Balaban J connectivity index is 1.99. The molecule has 2 aromatic heterocycles. The number of alkyl halides is 3. The van der Waals surface area contributed by atoms with Gasteiger partial charge in [-0.05, 0) is 11.6 Å². The van der Waals surface area contributed by atoms with Gasteiger partial charge in [0.25, 0.3) is 0 Å². The summed E-state index contributed by atoms with van der Waals surface area (Å²) in [4.78, 5) is 7.25. The summed E-state index contributed by atoms with van der Waals surface area (Å²) in [5, 5.41) is 5.41. The lowest BCUT2D eigenvalue weighted by Crippen LogP contribution is -2.07.